The van der Waals surface area contributed by atoms with Crippen LogP contribution >= 0.6 is 0 Å². The SMILES string of the molecule is CCOC(C)=O.CO.N. The van der Waals surface area contributed by atoms with E-state index >= 15 is 0 Å². The Balaban J connectivity index is -0.000000109. The maximum atomic E-state index is 9.82. The Morgan fingerprint density at radius 2 is 1.89 bits per heavy atom. The molecule has 0 rings (SSSR count). The molecular weight excluding hydrogens is 122 g/mol. The van der Waals surface area contributed by atoms with Crippen molar-refractivity contribution in [2.24, 2.45) is 0 Å². The normalized spacial score (nSPS) is 5.78. The van der Waals surface area contributed by atoms with Crippen LogP contribution in [0.15, 0.2) is 0 Å². The van der Waals surface area contributed by atoms with Crippen molar-refractivity contribution < 1.29 is 14.6 Å². The van der Waals surface area contributed by atoms with Crippen molar-refractivity contribution in [3.8, 4) is 0 Å². The van der Waals surface area contributed by atoms with E-state index in [1.54, 1.807) is 6.92 Å². The number of carbonyl (C=O) groups excluding carboxylic acids is 1. The summed E-state index contributed by atoms with van der Waals surface area (Å²) >= 11 is 0. The standard InChI is InChI=1S/C4H8O2.CH4O.H3N/c1-3-6-4(2)5;1-2;/h3H2,1-2H3;2H,1H3;1H3. The highest BCUT2D eigenvalue weighted by Gasteiger charge is 1.81. The fourth-order valence-electron chi connectivity index (χ4n) is 0.203. The Morgan fingerprint density at radius 1 is 1.56 bits per heavy atom. The van der Waals surface area contributed by atoms with Crippen molar-refractivity contribution in [2.45, 2.75) is 13.8 Å². The second-order valence-electron chi connectivity index (χ2n) is 0.925. The van der Waals surface area contributed by atoms with Gasteiger partial charge in [0, 0.05) is 14.0 Å². The molecule has 0 atom stereocenters. The fraction of sp³-hybridized carbons (Fsp3) is 0.800. The minimum absolute atomic E-state index is 0. The first-order valence-electron chi connectivity index (χ1n) is 2.35. The molecule has 0 unspecified atom stereocenters. The van der Waals surface area contributed by atoms with E-state index in [2.05, 4.69) is 4.74 Å². The number of esters is 1. The van der Waals surface area contributed by atoms with Gasteiger partial charge in [0.15, 0.2) is 0 Å². The summed E-state index contributed by atoms with van der Waals surface area (Å²) in [7, 11) is 1.00. The number of hydrogen-bond donors (Lipinski definition) is 2. The third-order valence-corrected chi connectivity index (χ3v) is 0.348. The largest absolute Gasteiger partial charge is 0.466 e. The molecule has 0 aromatic carbocycles. The van der Waals surface area contributed by atoms with E-state index in [4.69, 9.17) is 5.11 Å². The number of aliphatic hydroxyl groups is 1. The number of ether oxygens (including phenoxy) is 1. The van der Waals surface area contributed by atoms with Gasteiger partial charge in [0.25, 0.3) is 0 Å². The lowest BCUT2D eigenvalue weighted by Crippen LogP contribution is -1.95. The molecule has 0 aromatic heterocycles. The van der Waals surface area contributed by atoms with Gasteiger partial charge in [0.1, 0.15) is 0 Å². The minimum atomic E-state index is -0.211. The maximum Gasteiger partial charge on any atom is 0.302 e. The number of carbonyl (C=O) groups is 1. The molecule has 0 aliphatic carbocycles. The second-order valence-corrected chi connectivity index (χ2v) is 0.925. The van der Waals surface area contributed by atoms with Crippen molar-refractivity contribution in [3.63, 3.8) is 0 Å². The van der Waals surface area contributed by atoms with Gasteiger partial charge in [-0.15, -0.1) is 0 Å². The van der Waals surface area contributed by atoms with Crippen LogP contribution in [0, 0.1) is 0 Å². The Kier molecular flexibility index (Phi) is 27.4. The Bertz CT molecular complexity index is 56.2. The van der Waals surface area contributed by atoms with Crippen LogP contribution in [0.5, 0.6) is 0 Å². The maximum absolute atomic E-state index is 9.82. The van der Waals surface area contributed by atoms with Crippen molar-refractivity contribution in [2.75, 3.05) is 13.7 Å². The summed E-state index contributed by atoms with van der Waals surface area (Å²) < 4.78 is 4.40. The number of hydrogen-bond acceptors (Lipinski definition) is 4. The van der Waals surface area contributed by atoms with Crippen molar-refractivity contribution in [3.05, 3.63) is 0 Å². The smallest absolute Gasteiger partial charge is 0.302 e. The van der Waals surface area contributed by atoms with E-state index in [9.17, 15) is 4.79 Å². The first kappa shape index (κ1) is 15.8. The van der Waals surface area contributed by atoms with Crippen molar-refractivity contribution in [1.29, 1.82) is 0 Å². The van der Waals surface area contributed by atoms with Crippen LogP contribution in [0.4, 0.5) is 0 Å². The second kappa shape index (κ2) is 15.7. The predicted molar refractivity (Wildman–Crippen MR) is 35.5 cm³/mol. The van der Waals surface area contributed by atoms with E-state index < -0.39 is 0 Å². The van der Waals surface area contributed by atoms with E-state index in [0.717, 1.165) is 7.11 Å². The van der Waals surface area contributed by atoms with Crippen LogP contribution in [0.3, 0.4) is 0 Å². The molecule has 0 saturated carbocycles. The minimum Gasteiger partial charge on any atom is -0.466 e. The molecule has 0 spiro atoms. The molecule has 0 saturated heterocycles. The van der Waals surface area contributed by atoms with Gasteiger partial charge in [-0.05, 0) is 6.92 Å². The van der Waals surface area contributed by atoms with Gasteiger partial charge in [-0.2, -0.15) is 0 Å². The quantitative estimate of drug-likeness (QED) is 0.510. The molecule has 0 aliphatic rings. The molecule has 0 bridgehead atoms. The van der Waals surface area contributed by atoms with Crippen LogP contribution in [-0.2, 0) is 9.53 Å². The number of aliphatic hydroxyl groups excluding tert-OH is 1. The molecule has 0 radical (unpaired) electrons. The summed E-state index contributed by atoms with van der Waals surface area (Å²) in [5.41, 5.74) is 0. The van der Waals surface area contributed by atoms with Gasteiger partial charge < -0.3 is 16.0 Å². The topological polar surface area (TPSA) is 81.5 Å². The van der Waals surface area contributed by atoms with Gasteiger partial charge in [0.05, 0.1) is 6.61 Å². The van der Waals surface area contributed by atoms with Crippen molar-refractivity contribution >= 4 is 5.97 Å². The fourth-order valence-corrected chi connectivity index (χ4v) is 0.203. The van der Waals surface area contributed by atoms with Gasteiger partial charge in [-0.25, -0.2) is 0 Å². The molecule has 0 aliphatic heterocycles. The molecule has 0 heterocycles. The van der Waals surface area contributed by atoms with Crippen LogP contribution in [0.25, 0.3) is 0 Å². The van der Waals surface area contributed by atoms with Crippen LogP contribution in [0.2, 0.25) is 0 Å². The summed E-state index contributed by atoms with van der Waals surface area (Å²) in [5, 5.41) is 7.00. The molecule has 0 amide bonds. The van der Waals surface area contributed by atoms with E-state index in [1.807, 2.05) is 0 Å². The van der Waals surface area contributed by atoms with Crippen LogP contribution in [-0.4, -0.2) is 24.8 Å². The summed E-state index contributed by atoms with van der Waals surface area (Å²) in [4.78, 5) is 9.82. The lowest BCUT2D eigenvalue weighted by molar-refractivity contribution is -0.140. The lowest BCUT2D eigenvalue weighted by atomic mass is 10.8. The zero-order chi connectivity index (χ0) is 6.99. The van der Waals surface area contributed by atoms with Gasteiger partial charge in [-0.3, -0.25) is 4.79 Å². The monoisotopic (exact) mass is 137 g/mol. The summed E-state index contributed by atoms with van der Waals surface area (Å²) in [6.45, 7) is 3.65. The summed E-state index contributed by atoms with van der Waals surface area (Å²) in [5.74, 6) is -0.211. The molecular formula is C5H15NO3. The first-order chi connectivity index (χ1) is 3.77. The molecule has 0 fully saturated rings. The highest BCUT2D eigenvalue weighted by Crippen LogP contribution is 1.69. The van der Waals surface area contributed by atoms with Crippen molar-refractivity contribution in [1.82, 2.24) is 6.15 Å². The zero-order valence-electron chi connectivity index (χ0n) is 6.18. The average Bonchev–Trinajstić information content (AvgIpc) is 1.72. The Morgan fingerprint density at radius 3 is 1.89 bits per heavy atom. The van der Waals surface area contributed by atoms with Crippen LogP contribution in [0.1, 0.15) is 13.8 Å². The molecule has 4 heteroatoms. The third kappa shape index (κ3) is 37.6. The van der Waals surface area contributed by atoms with E-state index in [0.29, 0.717) is 6.61 Å². The summed E-state index contributed by atoms with van der Waals surface area (Å²) in [6, 6.07) is 0. The van der Waals surface area contributed by atoms with E-state index in [-0.39, 0.29) is 12.1 Å². The highest BCUT2D eigenvalue weighted by molar-refractivity contribution is 5.65. The van der Waals surface area contributed by atoms with Crippen LogP contribution < -0.4 is 6.15 Å². The average molecular weight is 137 g/mol. The van der Waals surface area contributed by atoms with Gasteiger partial charge in [-0.1, -0.05) is 0 Å². The molecule has 4 N–H and O–H groups in total. The molecule has 58 valence electrons. The highest BCUT2D eigenvalue weighted by atomic mass is 16.5. The van der Waals surface area contributed by atoms with Gasteiger partial charge in [0.2, 0.25) is 0 Å². The summed E-state index contributed by atoms with van der Waals surface area (Å²) in [6.07, 6.45) is 0. The molecule has 4 nitrogen and oxygen atoms in total. The lowest BCUT2D eigenvalue weighted by Gasteiger charge is -1.89. The Labute approximate surface area is 55.4 Å². The molecule has 0 aromatic rings. The predicted octanol–water partition coefficient (Wildman–Crippen LogP) is 0.340. The third-order valence-electron chi connectivity index (χ3n) is 0.348. The first-order valence-corrected chi connectivity index (χ1v) is 2.35. The van der Waals surface area contributed by atoms with Gasteiger partial charge >= 0.3 is 5.97 Å². The Hall–Kier alpha value is -0.610. The molecule has 9 heavy (non-hydrogen) atoms. The zero-order valence-corrected chi connectivity index (χ0v) is 6.18. The van der Waals surface area contributed by atoms with E-state index in [1.165, 1.54) is 6.92 Å². The number of rotatable bonds is 1.